The van der Waals surface area contributed by atoms with Crippen molar-refractivity contribution in [3.63, 3.8) is 0 Å². The Labute approximate surface area is 187 Å². The van der Waals surface area contributed by atoms with Crippen molar-refractivity contribution in [2.75, 3.05) is 0 Å². The van der Waals surface area contributed by atoms with Gasteiger partial charge in [-0.2, -0.15) is 0 Å². The number of hydrogen-bond acceptors (Lipinski definition) is 1. The summed E-state index contributed by atoms with van der Waals surface area (Å²) in [4.78, 5) is 5.00. The molecule has 0 spiro atoms. The minimum Gasteiger partial charge on any atom is -0.304 e. The molecule has 0 fully saturated rings. The largest absolute Gasteiger partial charge is 0.304 e. The van der Waals surface area contributed by atoms with Crippen LogP contribution in [0.3, 0.4) is 0 Å². The van der Waals surface area contributed by atoms with E-state index >= 15 is 0 Å². The summed E-state index contributed by atoms with van der Waals surface area (Å²) >= 11 is 0. The van der Waals surface area contributed by atoms with E-state index in [1.165, 1.54) is 33.3 Å². The van der Waals surface area contributed by atoms with E-state index in [-0.39, 0.29) is 5.54 Å². The predicted molar refractivity (Wildman–Crippen MR) is 134 cm³/mol. The van der Waals surface area contributed by atoms with Crippen molar-refractivity contribution < 1.29 is 0 Å². The van der Waals surface area contributed by atoms with Crippen molar-refractivity contribution in [3.05, 3.63) is 97.1 Å². The SMILES string of the molecule is CC(C)(C)n1c2ccc(-c3cccc(-c4ccccc4)c3)cc2n2c3ccccc3nc12. The van der Waals surface area contributed by atoms with Crippen LogP contribution in [0, 0.1) is 0 Å². The monoisotopic (exact) mass is 415 g/mol. The number of para-hydroxylation sites is 2. The minimum absolute atomic E-state index is 0.0842. The van der Waals surface area contributed by atoms with Crippen LogP contribution in [0.25, 0.3) is 50.1 Å². The quantitative estimate of drug-likeness (QED) is 0.286. The van der Waals surface area contributed by atoms with E-state index in [2.05, 4.69) is 127 Å². The molecular formula is C29H25N3. The van der Waals surface area contributed by atoms with Gasteiger partial charge in [-0.3, -0.25) is 4.40 Å². The van der Waals surface area contributed by atoms with Crippen molar-refractivity contribution in [2.45, 2.75) is 26.3 Å². The summed E-state index contributed by atoms with van der Waals surface area (Å²) in [5, 5.41) is 0. The summed E-state index contributed by atoms with van der Waals surface area (Å²) in [6, 6.07) is 34.5. The molecule has 0 aliphatic carbocycles. The average molecular weight is 416 g/mol. The molecule has 6 rings (SSSR count). The van der Waals surface area contributed by atoms with Crippen molar-refractivity contribution in [1.29, 1.82) is 0 Å². The summed E-state index contributed by atoms with van der Waals surface area (Å²) in [7, 11) is 0. The van der Waals surface area contributed by atoms with Gasteiger partial charge in [0.05, 0.1) is 22.1 Å². The summed E-state index contributed by atoms with van der Waals surface area (Å²) in [6.07, 6.45) is 0. The van der Waals surface area contributed by atoms with Crippen LogP contribution in [0.4, 0.5) is 0 Å². The van der Waals surface area contributed by atoms with E-state index in [1.807, 2.05) is 0 Å². The average Bonchev–Trinajstić information content (AvgIpc) is 3.33. The minimum atomic E-state index is -0.0842. The van der Waals surface area contributed by atoms with Crippen LogP contribution in [0.1, 0.15) is 20.8 Å². The molecule has 2 aromatic heterocycles. The van der Waals surface area contributed by atoms with Crippen molar-refractivity contribution in [3.8, 4) is 22.3 Å². The fraction of sp³-hybridized carbons (Fsp3) is 0.138. The highest BCUT2D eigenvalue weighted by Crippen LogP contribution is 2.34. The summed E-state index contributed by atoms with van der Waals surface area (Å²) < 4.78 is 4.66. The molecule has 4 aromatic carbocycles. The second-order valence-corrected chi connectivity index (χ2v) is 9.39. The normalized spacial score (nSPS) is 12.2. The molecule has 0 atom stereocenters. The molecular weight excluding hydrogens is 390 g/mol. The summed E-state index contributed by atoms with van der Waals surface area (Å²) in [5.41, 5.74) is 9.37. The molecule has 0 amide bonds. The van der Waals surface area contributed by atoms with Crippen LogP contribution in [0.5, 0.6) is 0 Å². The molecule has 2 heterocycles. The highest BCUT2D eigenvalue weighted by molar-refractivity contribution is 5.93. The lowest BCUT2D eigenvalue weighted by molar-refractivity contribution is 0.419. The van der Waals surface area contributed by atoms with E-state index in [9.17, 15) is 0 Å². The zero-order chi connectivity index (χ0) is 21.9. The first-order valence-electron chi connectivity index (χ1n) is 11.1. The molecule has 32 heavy (non-hydrogen) atoms. The maximum Gasteiger partial charge on any atom is 0.216 e. The molecule has 0 aliphatic rings. The van der Waals surface area contributed by atoms with Crippen LogP contribution in [0.15, 0.2) is 97.1 Å². The van der Waals surface area contributed by atoms with Crippen molar-refractivity contribution >= 4 is 27.8 Å². The maximum atomic E-state index is 5.00. The lowest BCUT2D eigenvalue weighted by Gasteiger charge is -2.22. The highest BCUT2D eigenvalue weighted by atomic mass is 15.2. The fourth-order valence-corrected chi connectivity index (χ4v) is 4.75. The van der Waals surface area contributed by atoms with Crippen LogP contribution >= 0.6 is 0 Å². The van der Waals surface area contributed by atoms with E-state index in [0.717, 1.165) is 16.8 Å². The Kier molecular flexibility index (Phi) is 4.03. The van der Waals surface area contributed by atoms with Gasteiger partial charge in [0.15, 0.2) is 0 Å². The molecule has 0 aliphatic heterocycles. The Balaban J connectivity index is 1.62. The molecule has 0 saturated carbocycles. The van der Waals surface area contributed by atoms with Gasteiger partial charge in [-0.25, -0.2) is 4.98 Å². The molecule has 0 saturated heterocycles. The Morgan fingerprint density at radius 3 is 2.00 bits per heavy atom. The standard InChI is InChI=1S/C29H25N3/c1-29(2,3)32-26-17-16-23(22-13-9-12-21(18-22)20-10-5-4-6-11-20)19-27(26)31-25-15-8-7-14-24(25)30-28(31)32/h4-19H,1-3H3. The van der Waals surface area contributed by atoms with Crippen LogP contribution in [0.2, 0.25) is 0 Å². The van der Waals surface area contributed by atoms with Gasteiger partial charge in [-0.05, 0) is 73.4 Å². The smallest absolute Gasteiger partial charge is 0.216 e. The second kappa shape index (κ2) is 6.83. The number of hydrogen-bond donors (Lipinski definition) is 0. The third-order valence-corrected chi connectivity index (χ3v) is 6.17. The fourth-order valence-electron chi connectivity index (χ4n) is 4.75. The Morgan fingerprint density at radius 1 is 0.562 bits per heavy atom. The van der Waals surface area contributed by atoms with Gasteiger partial charge in [-0.15, -0.1) is 0 Å². The number of nitrogens with zero attached hydrogens (tertiary/aromatic N) is 3. The molecule has 3 nitrogen and oxygen atoms in total. The lowest BCUT2D eigenvalue weighted by atomic mass is 9.98. The van der Waals surface area contributed by atoms with Gasteiger partial charge in [0.25, 0.3) is 0 Å². The van der Waals surface area contributed by atoms with E-state index in [4.69, 9.17) is 4.98 Å². The third-order valence-electron chi connectivity index (χ3n) is 6.17. The van der Waals surface area contributed by atoms with E-state index < -0.39 is 0 Å². The number of rotatable bonds is 2. The number of benzene rings is 4. The number of fused-ring (bicyclic) bond motifs is 5. The van der Waals surface area contributed by atoms with Crippen molar-refractivity contribution in [2.24, 2.45) is 0 Å². The number of imidazole rings is 2. The molecule has 156 valence electrons. The van der Waals surface area contributed by atoms with Gasteiger partial charge in [0.1, 0.15) is 0 Å². The van der Waals surface area contributed by atoms with Crippen LogP contribution in [-0.4, -0.2) is 14.0 Å². The summed E-state index contributed by atoms with van der Waals surface area (Å²) in [6.45, 7) is 6.72. The predicted octanol–water partition coefficient (Wildman–Crippen LogP) is 7.53. The molecule has 3 heteroatoms. The van der Waals surface area contributed by atoms with Crippen LogP contribution in [-0.2, 0) is 5.54 Å². The van der Waals surface area contributed by atoms with Gasteiger partial charge in [0.2, 0.25) is 5.78 Å². The third kappa shape index (κ3) is 2.85. The maximum absolute atomic E-state index is 5.00. The molecule has 0 radical (unpaired) electrons. The molecule has 6 aromatic rings. The Morgan fingerprint density at radius 2 is 1.22 bits per heavy atom. The zero-order valence-electron chi connectivity index (χ0n) is 18.6. The van der Waals surface area contributed by atoms with E-state index in [0.29, 0.717) is 0 Å². The molecule has 0 unspecified atom stereocenters. The summed E-state index contributed by atoms with van der Waals surface area (Å²) in [5.74, 6) is 0.990. The second-order valence-electron chi connectivity index (χ2n) is 9.39. The lowest BCUT2D eigenvalue weighted by Crippen LogP contribution is -2.21. The van der Waals surface area contributed by atoms with E-state index in [1.54, 1.807) is 0 Å². The highest BCUT2D eigenvalue weighted by Gasteiger charge is 2.23. The van der Waals surface area contributed by atoms with Gasteiger partial charge >= 0.3 is 0 Å². The first-order chi connectivity index (χ1) is 15.5. The topological polar surface area (TPSA) is 22.2 Å². The van der Waals surface area contributed by atoms with Gasteiger partial charge in [0, 0.05) is 5.54 Å². The van der Waals surface area contributed by atoms with Gasteiger partial charge in [-0.1, -0.05) is 66.7 Å². The Hall–Kier alpha value is -3.85. The van der Waals surface area contributed by atoms with Crippen molar-refractivity contribution in [1.82, 2.24) is 14.0 Å². The molecule has 0 N–H and O–H groups in total. The van der Waals surface area contributed by atoms with Gasteiger partial charge < -0.3 is 4.57 Å². The first kappa shape index (κ1) is 18.9. The Bertz CT molecular complexity index is 1590. The number of aromatic nitrogens is 3. The zero-order valence-corrected chi connectivity index (χ0v) is 18.6. The molecule has 0 bridgehead atoms. The van der Waals surface area contributed by atoms with Crippen LogP contribution < -0.4 is 0 Å². The first-order valence-corrected chi connectivity index (χ1v) is 11.1.